The van der Waals surface area contributed by atoms with Gasteiger partial charge in [0.15, 0.2) is 5.96 Å². The van der Waals surface area contributed by atoms with Crippen molar-refractivity contribution in [3.63, 3.8) is 0 Å². The van der Waals surface area contributed by atoms with Crippen molar-refractivity contribution in [2.24, 2.45) is 4.99 Å². The third kappa shape index (κ3) is 8.75. The van der Waals surface area contributed by atoms with Crippen LogP contribution >= 0.6 is 24.0 Å². The van der Waals surface area contributed by atoms with E-state index in [2.05, 4.69) is 29.7 Å². The summed E-state index contributed by atoms with van der Waals surface area (Å²) in [5.74, 6) is 1.65. The molecule has 1 aliphatic heterocycles. The molecule has 0 spiro atoms. The van der Waals surface area contributed by atoms with Gasteiger partial charge in [0.25, 0.3) is 0 Å². The van der Waals surface area contributed by atoms with Crippen LogP contribution in [0.4, 0.5) is 4.79 Å². The highest BCUT2D eigenvalue weighted by atomic mass is 127. The summed E-state index contributed by atoms with van der Waals surface area (Å²) in [6.07, 6.45) is 1.51. The normalized spacial score (nSPS) is 14.2. The summed E-state index contributed by atoms with van der Waals surface area (Å²) in [6, 6.07) is 18.3. The Kier molecular flexibility index (Phi) is 11.9. The van der Waals surface area contributed by atoms with Crippen LogP contribution in [0.3, 0.4) is 0 Å². The average molecular weight is 566 g/mol. The first-order chi connectivity index (χ1) is 15.7. The molecule has 2 N–H and O–H groups in total. The number of piperidine rings is 1. The molecule has 1 aliphatic rings. The summed E-state index contributed by atoms with van der Waals surface area (Å²) >= 11 is 0. The molecule has 1 saturated heterocycles. The third-order valence-electron chi connectivity index (χ3n) is 5.37. The van der Waals surface area contributed by atoms with Gasteiger partial charge in [0.1, 0.15) is 12.4 Å². The zero-order valence-corrected chi connectivity index (χ0v) is 21.8. The zero-order chi connectivity index (χ0) is 22.6. The quantitative estimate of drug-likeness (QED) is 0.279. The summed E-state index contributed by atoms with van der Waals surface area (Å²) in [6.45, 7) is 7.53. The number of hydrogen-bond donors (Lipinski definition) is 2. The van der Waals surface area contributed by atoms with E-state index in [1.54, 1.807) is 4.90 Å². The molecular formula is C25H35IN4O3. The summed E-state index contributed by atoms with van der Waals surface area (Å²) < 4.78 is 11.0. The molecule has 0 atom stereocenters. The Balaban J connectivity index is 0.00000385. The Hall–Kier alpha value is -2.49. The number of nitrogens with one attached hydrogen (secondary N) is 2. The molecule has 0 aliphatic carbocycles. The van der Waals surface area contributed by atoms with Crippen LogP contribution < -0.4 is 15.4 Å². The van der Waals surface area contributed by atoms with Crippen molar-refractivity contribution in [3.05, 3.63) is 65.7 Å². The van der Waals surface area contributed by atoms with Gasteiger partial charge in [0.2, 0.25) is 0 Å². The van der Waals surface area contributed by atoms with E-state index in [9.17, 15) is 4.79 Å². The van der Waals surface area contributed by atoms with E-state index < -0.39 is 0 Å². The van der Waals surface area contributed by atoms with E-state index in [-0.39, 0.29) is 36.1 Å². The van der Waals surface area contributed by atoms with Crippen LogP contribution in [-0.4, -0.2) is 49.2 Å². The number of likely N-dealkylation sites (tertiary alicyclic amines) is 1. The van der Waals surface area contributed by atoms with Gasteiger partial charge in [-0.2, -0.15) is 0 Å². The van der Waals surface area contributed by atoms with Gasteiger partial charge in [-0.25, -0.2) is 9.79 Å². The monoisotopic (exact) mass is 566 g/mol. The number of rotatable bonds is 8. The molecule has 0 saturated carbocycles. The fraction of sp³-hybridized carbons (Fsp3) is 0.440. The van der Waals surface area contributed by atoms with Gasteiger partial charge >= 0.3 is 6.09 Å². The van der Waals surface area contributed by atoms with Crippen LogP contribution in [0.25, 0.3) is 0 Å². The molecule has 1 heterocycles. The highest BCUT2D eigenvalue weighted by Gasteiger charge is 2.24. The van der Waals surface area contributed by atoms with E-state index in [1.165, 1.54) is 0 Å². The minimum atomic E-state index is -0.221. The Bertz CT molecular complexity index is 871. The highest BCUT2D eigenvalue weighted by molar-refractivity contribution is 14.0. The number of ether oxygens (including phenoxy) is 2. The second-order valence-electron chi connectivity index (χ2n) is 7.67. The lowest BCUT2D eigenvalue weighted by Gasteiger charge is -2.32. The zero-order valence-electron chi connectivity index (χ0n) is 19.5. The SMILES string of the molecule is CCNC(=NCc1ccccc1COc1ccccc1)NC1CCN(C(=O)OCC)CC1.I. The molecule has 0 unspecified atom stereocenters. The number of hydrogen-bond acceptors (Lipinski definition) is 4. The number of halogens is 1. The number of carbonyl (C=O) groups is 1. The number of nitrogens with zero attached hydrogens (tertiary/aromatic N) is 2. The van der Waals surface area contributed by atoms with Gasteiger partial charge in [-0.3, -0.25) is 0 Å². The molecule has 180 valence electrons. The van der Waals surface area contributed by atoms with Gasteiger partial charge < -0.3 is 25.0 Å². The minimum Gasteiger partial charge on any atom is -0.489 e. The van der Waals surface area contributed by atoms with Crippen LogP contribution in [0, 0.1) is 0 Å². The summed E-state index contributed by atoms with van der Waals surface area (Å²) in [4.78, 5) is 18.5. The van der Waals surface area contributed by atoms with Gasteiger partial charge in [-0.05, 0) is 49.9 Å². The van der Waals surface area contributed by atoms with Crippen molar-refractivity contribution in [2.45, 2.75) is 45.9 Å². The number of guanidine groups is 1. The smallest absolute Gasteiger partial charge is 0.409 e. The van der Waals surface area contributed by atoms with E-state index in [1.807, 2.05) is 49.4 Å². The average Bonchev–Trinajstić information content (AvgIpc) is 2.83. The van der Waals surface area contributed by atoms with Gasteiger partial charge in [0, 0.05) is 25.7 Å². The molecule has 1 fully saturated rings. The second-order valence-corrected chi connectivity index (χ2v) is 7.67. The maximum Gasteiger partial charge on any atom is 0.409 e. The lowest BCUT2D eigenvalue weighted by Crippen LogP contribution is -2.49. The molecule has 8 heteroatoms. The predicted molar refractivity (Wildman–Crippen MR) is 142 cm³/mol. The Labute approximate surface area is 214 Å². The number of benzene rings is 2. The third-order valence-corrected chi connectivity index (χ3v) is 5.37. The molecule has 7 nitrogen and oxygen atoms in total. The van der Waals surface area contributed by atoms with Gasteiger partial charge in [-0.1, -0.05) is 42.5 Å². The maximum absolute atomic E-state index is 11.9. The Morgan fingerprint density at radius 1 is 1.03 bits per heavy atom. The van der Waals surface area contributed by atoms with E-state index in [0.717, 1.165) is 42.2 Å². The van der Waals surface area contributed by atoms with Gasteiger partial charge in [0.05, 0.1) is 13.2 Å². The van der Waals surface area contributed by atoms with Crippen LogP contribution in [0.15, 0.2) is 59.6 Å². The van der Waals surface area contributed by atoms with Crippen molar-refractivity contribution in [1.82, 2.24) is 15.5 Å². The topological polar surface area (TPSA) is 75.2 Å². The standard InChI is InChI=1S/C25H34N4O3.HI/c1-3-26-24(28-22-14-16-29(17-15-22)25(30)31-4-2)27-18-20-10-8-9-11-21(20)19-32-23-12-6-5-7-13-23;/h5-13,22H,3-4,14-19H2,1-2H3,(H2,26,27,28);1H. The molecule has 1 amide bonds. The molecule has 2 aromatic rings. The first-order valence-corrected chi connectivity index (χ1v) is 11.4. The number of aliphatic imine (C=N–C) groups is 1. The predicted octanol–water partition coefficient (Wildman–Crippen LogP) is 4.56. The van der Waals surface area contributed by atoms with Crippen molar-refractivity contribution in [1.29, 1.82) is 0 Å². The Morgan fingerprint density at radius 3 is 2.36 bits per heavy atom. The lowest BCUT2D eigenvalue weighted by atomic mass is 10.1. The van der Waals surface area contributed by atoms with E-state index in [4.69, 9.17) is 14.5 Å². The van der Waals surface area contributed by atoms with Crippen molar-refractivity contribution in [2.75, 3.05) is 26.2 Å². The fourth-order valence-electron chi connectivity index (χ4n) is 3.63. The van der Waals surface area contributed by atoms with Crippen LogP contribution in [0.5, 0.6) is 5.75 Å². The second kappa shape index (κ2) is 14.6. The molecule has 0 bridgehead atoms. The first kappa shape index (κ1) is 26.8. The van der Waals surface area contributed by atoms with Gasteiger partial charge in [-0.15, -0.1) is 24.0 Å². The van der Waals surface area contributed by atoms with Crippen LogP contribution in [-0.2, 0) is 17.9 Å². The fourth-order valence-corrected chi connectivity index (χ4v) is 3.63. The van der Waals surface area contributed by atoms with E-state index >= 15 is 0 Å². The number of para-hydroxylation sites is 1. The van der Waals surface area contributed by atoms with Crippen LogP contribution in [0.1, 0.15) is 37.8 Å². The van der Waals surface area contributed by atoms with Crippen molar-refractivity contribution >= 4 is 36.0 Å². The van der Waals surface area contributed by atoms with Crippen molar-refractivity contribution in [3.8, 4) is 5.75 Å². The number of amides is 1. The molecule has 3 rings (SSSR count). The molecule has 0 radical (unpaired) electrons. The number of carbonyl (C=O) groups excluding carboxylic acids is 1. The first-order valence-electron chi connectivity index (χ1n) is 11.4. The molecule has 0 aromatic heterocycles. The molecule has 33 heavy (non-hydrogen) atoms. The van der Waals surface area contributed by atoms with E-state index in [0.29, 0.717) is 32.8 Å². The summed E-state index contributed by atoms with van der Waals surface area (Å²) in [5.41, 5.74) is 2.26. The highest BCUT2D eigenvalue weighted by Crippen LogP contribution is 2.16. The summed E-state index contributed by atoms with van der Waals surface area (Å²) in [5, 5.41) is 6.86. The molecular weight excluding hydrogens is 531 g/mol. The maximum atomic E-state index is 11.9. The van der Waals surface area contributed by atoms with Crippen molar-refractivity contribution < 1.29 is 14.3 Å². The van der Waals surface area contributed by atoms with Crippen LogP contribution in [0.2, 0.25) is 0 Å². The largest absolute Gasteiger partial charge is 0.489 e. The minimum absolute atomic E-state index is 0. The summed E-state index contributed by atoms with van der Waals surface area (Å²) in [7, 11) is 0. The lowest BCUT2D eigenvalue weighted by molar-refractivity contribution is 0.0963. The molecule has 2 aromatic carbocycles. The Morgan fingerprint density at radius 2 is 1.70 bits per heavy atom.